The molecule has 0 saturated heterocycles. The zero-order chi connectivity index (χ0) is 24.4. The molecule has 31 heavy (non-hydrogen) atoms. The van der Waals surface area contributed by atoms with E-state index >= 15 is 0 Å². The van der Waals surface area contributed by atoms with Gasteiger partial charge in [0, 0.05) is 0 Å². The fourth-order valence-corrected chi connectivity index (χ4v) is 4.40. The van der Waals surface area contributed by atoms with E-state index in [4.69, 9.17) is 0 Å². The smallest absolute Gasteiger partial charge is 0.218 e. The van der Waals surface area contributed by atoms with Crippen LogP contribution in [0, 0.1) is 0 Å². The molecule has 0 aromatic carbocycles. The Morgan fingerprint density at radius 2 is 0.968 bits per heavy atom. The van der Waals surface area contributed by atoms with E-state index in [0.717, 1.165) is 0 Å². The zero-order valence-corrected chi connectivity index (χ0v) is 17.1. The summed E-state index contributed by atoms with van der Waals surface area (Å²) < 4.78 is 124. The standard InChI is InChI=1S/C6H13O21PS3/c7-21-1-2(22-27-8)5(25-30(15,16)17)6(26-31(18,19)20)3(23-28(9,10)11)4(1)24-29(12,13)14/h1-8H,(H2,9,10,11)(H,12,13,14)(H,15,16,17)(H,18,19,20)/p-7/t1-,2-,3-,4+,5-,6+/m1/s1. The first-order valence-corrected chi connectivity index (χ1v) is 12.1. The molecule has 0 heterocycles. The van der Waals surface area contributed by atoms with Crippen LogP contribution in [-0.4, -0.2) is 75.5 Å². The van der Waals surface area contributed by atoms with E-state index in [1.165, 1.54) is 0 Å². The van der Waals surface area contributed by atoms with Gasteiger partial charge >= 0.3 is 0 Å². The van der Waals surface area contributed by atoms with Crippen LogP contribution in [-0.2, 0) is 67.6 Å². The average molecular weight is 541 g/mol. The van der Waals surface area contributed by atoms with Gasteiger partial charge in [-0.05, 0) is 0 Å². The van der Waals surface area contributed by atoms with E-state index in [1.54, 1.807) is 0 Å². The van der Waals surface area contributed by atoms with E-state index in [-0.39, 0.29) is 0 Å². The molecule has 1 saturated carbocycles. The summed E-state index contributed by atoms with van der Waals surface area (Å²) in [5.74, 6) is 0. The number of rotatable bonds is 11. The van der Waals surface area contributed by atoms with E-state index in [2.05, 4.69) is 31.9 Å². The van der Waals surface area contributed by atoms with Crippen LogP contribution in [0.15, 0.2) is 0 Å². The van der Waals surface area contributed by atoms with Gasteiger partial charge in [-0.15, -0.1) is 0 Å². The van der Waals surface area contributed by atoms with Gasteiger partial charge in [0.2, 0.25) is 31.2 Å². The molecule has 0 aromatic heterocycles. The summed E-state index contributed by atoms with van der Waals surface area (Å²) in [6, 6.07) is 0. The minimum absolute atomic E-state index is 2.82. The number of phosphoric ester groups is 1. The summed E-state index contributed by atoms with van der Waals surface area (Å²) in [5.41, 5.74) is 0. The summed E-state index contributed by atoms with van der Waals surface area (Å²) in [6.45, 7) is 0. The maximum atomic E-state index is 11.0. The van der Waals surface area contributed by atoms with Crippen LogP contribution in [0.4, 0.5) is 0 Å². The first-order chi connectivity index (χ1) is 13.8. The molecule has 0 spiro atoms. The van der Waals surface area contributed by atoms with Gasteiger partial charge in [0.15, 0.2) is 6.10 Å². The Kier molecular flexibility index (Phi) is 9.39. The largest absolute Gasteiger partial charge is 0.790 e. The van der Waals surface area contributed by atoms with Crippen molar-refractivity contribution in [1.29, 1.82) is 0 Å². The van der Waals surface area contributed by atoms with Crippen molar-refractivity contribution in [3.8, 4) is 0 Å². The fourth-order valence-electron chi connectivity index (χ4n) is 2.39. The van der Waals surface area contributed by atoms with E-state index in [0.29, 0.717) is 0 Å². The highest BCUT2D eigenvalue weighted by atomic mass is 32.3. The molecule has 6 atom stereocenters. The Balaban J connectivity index is 3.79. The zero-order valence-electron chi connectivity index (χ0n) is 13.7. The highest BCUT2D eigenvalue weighted by molar-refractivity contribution is 7.81. The molecule has 0 aliphatic heterocycles. The Morgan fingerprint density at radius 1 is 0.613 bits per heavy atom. The average Bonchev–Trinajstić information content (AvgIpc) is 2.50. The molecule has 0 radical (unpaired) electrons. The molecule has 21 nitrogen and oxygen atoms in total. The van der Waals surface area contributed by atoms with Crippen molar-refractivity contribution in [3.05, 3.63) is 0 Å². The molecule has 1 rings (SSSR count). The summed E-state index contributed by atoms with van der Waals surface area (Å²) >= 11 is 0. The molecule has 0 aromatic rings. The Labute approximate surface area is 171 Å². The molecule has 1 aliphatic rings. The first kappa shape index (κ1) is 28.6. The second kappa shape index (κ2) is 10.2. The van der Waals surface area contributed by atoms with Gasteiger partial charge in [0.25, 0.3) is 0 Å². The van der Waals surface area contributed by atoms with Crippen molar-refractivity contribution in [2.45, 2.75) is 36.6 Å². The lowest BCUT2D eigenvalue weighted by atomic mass is 9.85. The van der Waals surface area contributed by atoms with Crippen LogP contribution < -0.4 is 20.3 Å². The van der Waals surface area contributed by atoms with Gasteiger partial charge in [0.1, 0.15) is 30.5 Å². The van der Waals surface area contributed by atoms with Crippen LogP contribution in [0.3, 0.4) is 0 Å². The Morgan fingerprint density at radius 3 is 1.26 bits per heavy atom. The lowest BCUT2D eigenvalue weighted by Crippen LogP contribution is -2.69. The quantitative estimate of drug-likeness (QED) is 0.0769. The summed E-state index contributed by atoms with van der Waals surface area (Å²) in [5, 5.41) is 24.1. The molecule has 0 bridgehead atoms. The van der Waals surface area contributed by atoms with Gasteiger partial charge in [0.05, 0.1) is 7.82 Å². The van der Waals surface area contributed by atoms with Crippen molar-refractivity contribution >= 4 is 39.0 Å². The van der Waals surface area contributed by atoms with E-state index in [9.17, 15) is 63.8 Å². The highest BCUT2D eigenvalue weighted by Gasteiger charge is 2.57. The molecule has 186 valence electrons. The van der Waals surface area contributed by atoms with E-state index in [1.807, 2.05) is 0 Å². The highest BCUT2D eigenvalue weighted by Crippen LogP contribution is 2.40. The number of phosphoric acid groups is 1. The van der Waals surface area contributed by atoms with Crippen LogP contribution in [0.2, 0.25) is 0 Å². The van der Waals surface area contributed by atoms with E-state index < -0.39 is 75.6 Å². The Hall–Kier alpha value is -0.480. The van der Waals surface area contributed by atoms with Gasteiger partial charge in [-0.25, -0.2) is 30.1 Å². The summed E-state index contributed by atoms with van der Waals surface area (Å²) in [7, 11) is -24.6. The SMILES string of the molecule is O=P([O-])([O-])O[C@@H]1[C@@H](OS(=O)(=O)[O-])[C@H](O[O-])[C@@H](OO[O-])[C@@H](OS(=O)(=O)[O-])[C@H]1OS(=O)(=O)[O-]. The number of hydrogen-bond acceptors (Lipinski definition) is 21. The van der Waals surface area contributed by atoms with Crippen molar-refractivity contribution in [2.75, 3.05) is 0 Å². The van der Waals surface area contributed by atoms with Crippen LogP contribution >= 0.6 is 7.82 Å². The maximum Gasteiger partial charge on any atom is 0.218 e. The number of hydrogen-bond donors (Lipinski definition) is 0. The molecular formula is C6H6O21PS3-7. The topological polar surface area (TPSA) is 346 Å². The second-order valence-electron chi connectivity index (χ2n) is 5.11. The molecule has 0 amide bonds. The summed E-state index contributed by atoms with van der Waals surface area (Å²) in [4.78, 5) is 29.0. The molecule has 1 fully saturated rings. The minimum atomic E-state index is -6.42. The van der Waals surface area contributed by atoms with Crippen molar-refractivity contribution in [1.82, 2.24) is 0 Å². The lowest BCUT2D eigenvalue weighted by Gasteiger charge is -2.51. The third-order valence-corrected chi connectivity index (χ3v) is 5.02. The van der Waals surface area contributed by atoms with Crippen molar-refractivity contribution in [2.24, 2.45) is 0 Å². The predicted molar refractivity (Wildman–Crippen MR) is 67.0 cm³/mol. The molecule has 0 unspecified atom stereocenters. The fraction of sp³-hybridized carbons (Fsp3) is 1.00. The third kappa shape index (κ3) is 9.50. The van der Waals surface area contributed by atoms with Gasteiger partial charge < -0.3 is 47.9 Å². The Bertz CT molecular complexity index is 963. The monoisotopic (exact) mass is 541 g/mol. The normalized spacial score (nSPS) is 30.9. The minimum Gasteiger partial charge on any atom is -0.790 e. The van der Waals surface area contributed by atoms with Crippen molar-refractivity contribution in [3.63, 3.8) is 0 Å². The third-order valence-electron chi connectivity index (χ3n) is 3.14. The second-order valence-corrected chi connectivity index (χ2v) is 9.25. The van der Waals surface area contributed by atoms with Gasteiger partial charge in [-0.3, -0.25) is 17.6 Å². The van der Waals surface area contributed by atoms with Gasteiger partial charge in [-0.1, -0.05) is 0 Å². The molecule has 1 aliphatic carbocycles. The first-order valence-electron chi connectivity index (χ1n) is 6.64. The maximum absolute atomic E-state index is 11.0. The van der Waals surface area contributed by atoms with Crippen LogP contribution in [0.5, 0.6) is 0 Å². The molecule has 0 N–H and O–H groups in total. The predicted octanol–water partition coefficient (Wildman–Crippen LogP) is -8.00. The van der Waals surface area contributed by atoms with Crippen LogP contribution in [0.1, 0.15) is 0 Å². The van der Waals surface area contributed by atoms with Crippen molar-refractivity contribution < 1.29 is 95.7 Å². The molecular weight excluding hydrogens is 535 g/mol. The van der Waals surface area contributed by atoms with Crippen LogP contribution in [0.25, 0.3) is 0 Å². The summed E-state index contributed by atoms with van der Waals surface area (Å²) in [6.07, 6.45) is -18.5. The lowest BCUT2D eigenvalue weighted by molar-refractivity contribution is -0.812. The van der Waals surface area contributed by atoms with Gasteiger partial charge in [-0.2, -0.15) is 0 Å². The molecule has 25 heteroatoms.